The van der Waals surface area contributed by atoms with Gasteiger partial charge in [0.25, 0.3) is 0 Å². The molecule has 1 N–H and O–H groups in total. The molecule has 8 atom stereocenters. The van der Waals surface area contributed by atoms with Gasteiger partial charge in [-0.25, -0.2) is 0 Å². The van der Waals surface area contributed by atoms with Gasteiger partial charge in [-0.2, -0.15) is 0 Å². The van der Waals surface area contributed by atoms with Crippen LogP contribution in [0.4, 0.5) is 0 Å². The van der Waals surface area contributed by atoms with Crippen molar-refractivity contribution in [2.45, 2.75) is 65.3 Å². The van der Waals surface area contributed by atoms with Crippen LogP contribution < -0.4 is 0 Å². The highest BCUT2D eigenvalue weighted by Crippen LogP contribution is 2.81. The van der Waals surface area contributed by atoms with Gasteiger partial charge in [-0.05, 0) is 38.5 Å². The van der Waals surface area contributed by atoms with Crippen LogP contribution in [0.25, 0.3) is 0 Å². The van der Waals surface area contributed by atoms with Crippen molar-refractivity contribution in [3.05, 3.63) is 11.8 Å². The standard InChI is InChI=1S/C20H26O5/c1-4-10(2)15(21)19-7-13-12-8-24-16(22)11-5-6-14(20(11,12)9-19)18(19,3)17(23)25-13/h8,10-11,13-14,16,22H,4-7,9H2,1-3H3. The van der Waals surface area contributed by atoms with Crippen LogP contribution in [0, 0.1) is 34.0 Å². The Hall–Kier alpha value is -1.36. The Morgan fingerprint density at radius 2 is 2.20 bits per heavy atom. The lowest BCUT2D eigenvalue weighted by Gasteiger charge is -2.53. The first kappa shape index (κ1) is 15.9. The van der Waals surface area contributed by atoms with Crippen LogP contribution in [-0.2, 0) is 19.1 Å². The summed E-state index contributed by atoms with van der Waals surface area (Å²) in [6.07, 6.45) is 4.14. The lowest BCUT2D eigenvalue weighted by Crippen LogP contribution is -2.59. The molecule has 5 heteroatoms. The molecule has 25 heavy (non-hydrogen) atoms. The number of carbonyl (C=O) groups is 2. The van der Waals surface area contributed by atoms with E-state index in [0.29, 0.717) is 12.8 Å². The molecule has 136 valence electrons. The van der Waals surface area contributed by atoms with Crippen molar-refractivity contribution >= 4 is 11.8 Å². The van der Waals surface area contributed by atoms with Crippen molar-refractivity contribution < 1.29 is 24.2 Å². The first-order valence-electron chi connectivity index (χ1n) is 9.62. The second kappa shape index (κ2) is 4.48. The molecular weight excluding hydrogens is 320 g/mol. The van der Waals surface area contributed by atoms with Gasteiger partial charge in [0.1, 0.15) is 11.9 Å². The largest absolute Gasteiger partial charge is 0.472 e. The average molecular weight is 346 g/mol. The third kappa shape index (κ3) is 1.41. The van der Waals surface area contributed by atoms with Crippen LogP contribution in [0.2, 0.25) is 0 Å². The molecule has 0 aromatic rings. The normalized spacial score (nSPS) is 53.0. The van der Waals surface area contributed by atoms with E-state index >= 15 is 0 Å². The maximum Gasteiger partial charge on any atom is 0.313 e. The summed E-state index contributed by atoms with van der Waals surface area (Å²) in [4.78, 5) is 26.7. The first-order valence-corrected chi connectivity index (χ1v) is 9.62. The Kier molecular flexibility index (Phi) is 2.84. The number of carbonyl (C=O) groups excluding carboxylic acids is 2. The summed E-state index contributed by atoms with van der Waals surface area (Å²) >= 11 is 0. The van der Waals surface area contributed by atoms with E-state index in [1.54, 1.807) is 6.26 Å². The summed E-state index contributed by atoms with van der Waals surface area (Å²) in [5.41, 5.74) is -0.733. The number of aliphatic hydroxyl groups excluding tert-OH is 1. The zero-order valence-electron chi connectivity index (χ0n) is 15.1. The quantitative estimate of drug-likeness (QED) is 0.795. The van der Waals surface area contributed by atoms with E-state index < -0.39 is 17.1 Å². The molecule has 5 nitrogen and oxygen atoms in total. The molecule has 3 aliphatic carbocycles. The molecule has 5 aliphatic rings. The summed E-state index contributed by atoms with van der Waals surface area (Å²) in [7, 11) is 0. The fraction of sp³-hybridized carbons (Fsp3) is 0.800. The molecule has 2 heterocycles. The molecule has 1 saturated heterocycles. The predicted molar refractivity (Wildman–Crippen MR) is 87.9 cm³/mol. The van der Waals surface area contributed by atoms with Crippen molar-refractivity contribution in [2.75, 3.05) is 0 Å². The van der Waals surface area contributed by atoms with E-state index in [4.69, 9.17) is 9.47 Å². The number of rotatable bonds is 3. The van der Waals surface area contributed by atoms with Gasteiger partial charge in [0.15, 0.2) is 6.29 Å². The molecule has 0 aromatic carbocycles. The molecule has 3 bridgehead atoms. The molecule has 0 radical (unpaired) electrons. The Labute approximate surface area is 147 Å². The fourth-order valence-corrected chi connectivity index (χ4v) is 7.34. The molecule has 5 rings (SSSR count). The van der Waals surface area contributed by atoms with Gasteiger partial charge in [0.05, 0.1) is 17.1 Å². The minimum absolute atomic E-state index is 0.0410. The van der Waals surface area contributed by atoms with E-state index in [1.807, 2.05) is 20.8 Å². The fourth-order valence-electron chi connectivity index (χ4n) is 7.34. The van der Waals surface area contributed by atoms with Gasteiger partial charge in [0, 0.05) is 29.2 Å². The lowest BCUT2D eigenvalue weighted by atomic mass is 9.53. The number of ketones is 1. The van der Waals surface area contributed by atoms with E-state index in [1.165, 1.54) is 0 Å². The Bertz CT molecular complexity index is 713. The van der Waals surface area contributed by atoms with Gasteiger partial charge in [0.2, 0.25) is 0 Å². The van der Waals surface area contributed by atoms with Gasteiger partial charge in [-0.15, -0.1) is 0 Å². The summed E-state index contributed by atoms with van der Waals surface area (Å²) in [5, 5.41) is 10.5. The Balaban J connectivity index is 1.77. The highest BCUT2D eigenvalue weighted by atomic mass is 16.6. The molecule has 4 fully saturated rings. The average Bonchev–Trinajstić information content (AvgIpc) is 3.03. The second-order valence-corrected chi connectivity index (χ2v) is 9.11. The summed E-state index contributed by atoms with van der Waals surface area (Å²) < 4.78 is 11.4. The van der Waals surface area contributed by atoms with Crippen LogP contribution >= 0.6 is 0 Å². The van der Waals surface area contributed by atoms with Crippen LogP contribution in [0.15, 0.2) is 11.8 Å². The molecular formula is C20H26O5. The van der Waals surface area contributed by atoms with Crippen molar-refractivity contribution in [3.63, 3.8) is 0 Å². The number of fused-ring (bicyclic) bond motifs is 3. The van der Waals surface area contributed by atoms with E-state index in [2.05, 4.69) is 0 Å². The number of ether oxygens (including phenoxy) is 2. The van der Waals surface area contributed by atoms with Crippen molar-refractivity contribution in [1.29, 1.82) is 0 Å². The number of aliphatic hydroxyl groups is 1. The third-order valence-corrected chi connectivity index (χ3v) is 8.64. The first-order chi connectivity index (χ1) is 11.8. The van der Waals surface area contributed by atoms with Crippen molar-refractivity contribution in [3.8, 4) is 0 Å². The molecule has 8 unspecified atom stereocenters. The van der Waals surface area contributed by atoms with Crippen LogP contribution in [0.5, 0.6) is 0 Å². The lowest BCUT2D eigenvalue weighted by molar-refractivity contribution is -0.193. The Morgan fingerprint density at radius 1 is 1.44 bits per heavy atom. The van der Waals surface area contributed by atoms with E-state index in [9.17, 15) is 14.7 Å². The summed E-state index contributed by atoms with van der Waals surface area (Å²) in [6.45, 7) is 5.98. The maximum atomic E-state index is 13.6. The second-order valence-electron chi connectivity index (χ2n) is 9.11. The van der Waals surface area contributed by atoms with Crippen molar-refractivity contribution in [2.24, 2.45) is 34.0 Å². The SMILES string of the molecule is CCC(C)C(=O)C12CC3OC(=O)C1(C)C1CCC4C(O)OC=C3C41C2. The monoisotopic (exact) mass is 346 g/mol. The zero-order chi connectivity index (χ0) is 17.8. The van der Waals surface area contributed by atoms with Crippen LogP contribution in [-0.4, -0.2) is 29.3 Å². The van der Waals surface area contributed by atoms with Crippen LogP contribution in [0.1, 0.15) is 52.9 Å². The van der Waals surface area contributed by atoms with Crippen LogP contribution in [0.3, 0.4) is 0 Å². The predicted octanol–water partition coefficient (Wildman–Crippen LogP) is 2.57. The highest BCUT2D eigenvalue weighted by Gasteiger charge is 2.83. The highest BCUT2D eigenvalue weighted by molar-refractivity contribution is 5.97. The molecule has 2 aliphatic heterocycles. The molecule has 0 amide bonds. The van der Waals surface area contributed by atoms with Gasteiger partial charge < -0.3 is 14.6 Å². The minimum atomic E-state index is -0.848. The maximum absolute atomic E-state index is 13.6. The third-order valence-electron chi connectivity index (χ3n) is 8.64. The summed E-state index contributed by atoms with van der Waals surface area (Å²) in [6, 6.07) is 0. The van der Waals surface area contributed by atoms with Gasteiger partial charge in [-0.3, -0.25) is 9.59 Å². The minimum Gasteiger partial charge on any atom is -0.472 e. The number of esters is 1. The van der Waals surface area contributed by atoms with E-state index in [-0.39, 0.29) is 41.0 Å². The van der Waals surface area contributed by atoms with Crippen molar-refractivity contribution in [1.82, 2.24) is 0 Å². The smallest absolute Gasteiger partial charge is 0.313 e. The van der Waals surface area contributed by atoms with Gasteiger partial charge in [-0.1, -0.05) is 13.8 Å². The summed E-state index contributed by atoms with van der Waals surface area (Å²) in [5.74, 6) is -0.0344. The number of hydrogen-bond acceptors (Lipinski definition) is 5. The molecule has 3 saturated carbocycles. The van der Waals surface area contributed by atoms with Gasteiger partial charge >= 0.3 is 5.97 Å². The number of Topliss-reactive ketones (excluding diaryl/α,β-unsaturated/α-hetero) is 1. The molecule has 0 aromatic heterocycles. The zero-order valence-corrected chi connectivity index (χ0v) is 15.1. The van der Waals surface area contributed by atoms with E-state index in [0.717, 1.165) is 24.8 Å². The number of hydrogen-bond donors (Lipinski definition) is 1. The Morgan fingerprint density at radius 3 is 2.92 bits per heavy atom. The topological polar surface area (TPSA) is 72.8 Å². The molecule has 1 spiro atoms.